The molecule has 2 heterocycles. The first-order valence-electron chi connectivity index (χ1n) is 8.05. The standard InChI is InChI=1S/C17H18N4O4/c1-12-18-17(25-19-12)14-8-10-20(11-9-14)16(22)7-6-13-4-2-3-5-15(13)21(23)24/h2-7,14H,8-11H2,1H3. The highest BCUT2D eigenvalue weighted by Crippen LogP contribution is 2.27. The molecular weight excluding hydrogens is 324 g/mol. The zero-order valence-corrected chi connectivity index (χ0v) is 13.8. The first kappa shape index (κ1) is 16.8. The van der Waals surface area contributed by atoms with Gasteiger partial charge in [-0.05, 0) is 31.9 Å². The number of nitrogens with zero attached hydrogens (tertiary/aromatic N) is 4. The van der Waals surface area contributed by atoms with Crippen LogP contribution in [0.3, 0.4) is 0 Å². The number of amides is 1. The van der Waals surface area contributed by atoms with E-state index < -0.39 is 4.92 Å². The maximum atomic E-state index is 12.3. The van der Waals surface area contributed by atoms with Gasteiger partial charge in [-0.25, -0.2) is 0 Å². The Kier molecular flexibility index (Phi) is 4.87. The lowest BCUT2D eigenvalue weighted by atomic mass is 9.96. The molecule has 0 aliphatic carbocycles. The van der Waals surface area contributed by atoms with Crippen molar-refractivity contribution in [2.75, 3.05) is 13.1 Å². The Morgan fingerprint density at radius 2 is 2.08 bits per heavy atom. The number of hydrogen-bond donors (Lipinski definition) is 0. The third-order valence-corrected chi connectivity index (χ3v) is 4.24. The lowest BCUT2D eigenvalue weighted by Crippen LogP contribution is -2.36. The summed E-state index contributed by atoms with van der Waals surface area (Å²) >= 11 is 0. The van der Waals surface area contributed by atoms with E-state index in [9.17, 15) is 14.9 Å². The Morgan fingerprint density at radius 1 is 1.36 bits per heavy atom. The molecule has 8 heteroatoms. The first-order chi connectivity index (χ1) is 12.0. The third-order valence-electron chi connectivity index (χ3n) is 4.24. The van der Waals surface area contributed by atoms with Gasteiger partial charge in [0.2, 0.25) is 11.8 Å². The van der Waals surface area contributed by atoms with Crippen LogP contribution in [0, 0.1) is 17.0 Å². The minimum atomic E-state index is -0.456. The number of piperidine rings is 1. The number of likely N-dealkylation sites (tertiary alicyclic amines) is 1. The van der Waals surface area contributed by atoms with Gasteiger partial charge in [-0.1, -0.05) is 17.3 Å². The number of nitro groups is 1. The first-order valence-corrected chi connectivity index (χ1v) is 8.05. The molecule has 3 rings (SSSR count). The fourth-order valence-corrected chi connectivity index (χ4v) is 2.89. The quantitative estimate of drug-likeness (QED) is 0.481. The van der Waals surface area contributed by atoms with Crippen molar-refractivity contribution in [1.82, 2.24) is 15.0 Å². The average Bonchev–Trinajstić information content (AvgIpc) is 3.06. The van der Waals surface area contributed by atoms with E-state index in [2.05, 4.69) is 10.1 Å². The van der Waals surface area contributed by atoms with Crippen molar-refractivity contribution >= 4 is 17.7 Å². The van der Waals surface area contributed by atoms with Gasteiger partial charge in [0.1, 0.15) is 0 Å². The van der Waals surface area contributed by atoms with Crippen molar-refractivity contribution in [1.29, 1.82) is 0 Å². The second-order valence-electron chi connectivity index (χ2n) is 5.93. The molecule has 2 aromatic rings. The van der Waals surface area contributed by atoms with Crippen molar-refractivity contribution in [3.63, 3.8) is 0 Å². The van der Waals surface area contributed by atoms with E-state index in [1.54, 1.807) is 30.0 Å². The zero-order chi connectivity index (χ0) is 17.8. The minimum Gasteiger partial charge on any atom is -0.339 e. The maximum absolute atomic E-state index is 12.3. The topological polar surface area (TPSA) is 102 Å². The van der Waals surface area contributed by atoms with Crippen LogP contribution in [0.1, 0.15) is 36.0 Å². The van der Waals surface area contributed by atoms with Crippen LogP contribution in [0.25, 0.3) is 6.08 Å². The summed E-state index contributed by atoms with van der Waals surface area (Å²) in [7, 11) is 0. The molecule has 0 bridgehead atoms. The van der Waals surface area contributed by atoms with Gasteiger partial charge in [0.05, 0.1) is 10.5 Å². The normalized spacial score (nSPS) is 15.6. The van der Waals surface area contributed by atoms with Crippen LogP contribution < -0.4 is 0 Å². The fourth-order valence-electron chi connectivity index (χ4n) is 2.89. The molecule has 1 aromatic carbocycles. The molecule has 0 N–H and O–H groups in total. The van der Waals surface area contributed by atoms with E-state index >= 15 is 0 Å². The van der Waals surface area contributed by atoms with E-state index in [1.807, 2.05) is 0 Å². The molecule has 1 aliphatic heterocycles. The number of carbonyl (C=O) groups is 1. The molecule has 1 aliphatic rings. The van der Waals surface area contributed by atoms with E-state index in [4.69, 9.17) is 4.52 Å². The molecule has 25 heavy (non-hydrogen) atoms. The van der Waals surface area contributed by atoms with Crippen molar-refractivity contribution in [2.24, 2.45) is 0 Å². The van der Waals surface area contributed by atoms with Crippen LogP contribution in [-0.2, 0) is 4.79 Å². The zero-order valence-electron chi connectivity index (χ0n) is 13.8. The van der Waals surface area contributed by atoms with Gasteiger partial charge in [0.25, 0.3) is 5.69 Å². The molecule has 0 atom stereocenters. The van der Waals surface area contributed by atoms with Crippen LogP contribution >= 0.6 is 0 Å². The third kappa shape index (κ3) is 3.90. The molecule has 0 radical (unpaired) electrons. The lowest BCUT2D eigenvalue weighted by Gasteiger charge is -2.29. The smallest absolute Gasteiger partial charge is 0.276 e. The van der Waals surface area contributed by atoms with E-state index in [1.165, 1.54) is 18.2 Å². The molecule has 1 saturated heterocycles. The van der Waals surface area contributed by atoms with Crippen molar-refractivity contribution < 1.29 is 14.2 Å². The number of para-hydroxylation sites is 1. The molecule has 1 aromatic heterocycles. The Labute approximate surface area is 144 Å². The van der Waals surface area contributed by atoms with Crippen LogP contribution in [0.5, 0.6) is 0 Å². The summed E-state index contributed by atoms with van der Waals surface area (Å²) in [4.78, 5) is 28.8. The fraction of sp³-hybridized carbons (Fsp3) is 0.353. The monoisotopic (exact) mass is 342 g/mol. The predicted molar refractivity (Wildman–Crippen MR) is 89.7 cm³/mol. The summed E-state index contributed by atoms with van der Waals surface area (Å²) in [5, 5.41) is 14.8. The van der Waals surface area contributed by atoms with E-state index in [0.717, 1.165) is 12.8 Å². The highest BCUT2D eigenvalue weighted by molar-refractivity contribution is 5.92. The lowest BCUT2D eigenvalue weighted by molar-refractivity contribution is -0.385. The average molecular weight is 342 g/mol. The second kappa shape index (κ2) is 7.25. The Bertz CT molecular complexity index is 806. The second-order valence-corrected chi connectivity index (χ2v) is 5.93. The molecular formula is C17H18N4O4. The highest BCUT2D eigenvalue weighted by atomic mass is 16.6. The summed E-state index contributed by atoms with van der Waals surface area (Å²) in [6, 6.07) is 6.34. The van der Waals surface area contributed by atoms with E-state index in [-0.39, 0.29) is 17.5 Å². The van der Waals surface area contributed by atoms with Gasteiger partial charge in [-0.2, -0.15) is 4.98 Å². The summed E-state index contributed by atoms with van der Waals surface area (Å²) in [5.41, 5.74) is 0.397. The van der Waals surface area contributed by atoms with Crippen LogP contribution in [-0.4, -0.2) is 39.0 Å². The van der Waals surface area contributed by atoms with Crippen LogP contribution in [0.2, 0.25) is 0 Å². The molecule has 8 nitrogen and oxygen atoms in total. The number of carbonyl (C=O) groups excluding carboxylic acids is 1. The van der Waals surface area contributed by atoms with Gasteiger partial charge in [0.15, 0.2) is 5.82 Å². The number of hydrogen-bond acceptors (Lipinski definition) is 6. The molecule has 1 amide bonds. The highest BCUT2D eigenvalue weighted by Gasteiger charge is 2.26. The van der Waals surface area contributed by atoms with Gasteiger partial charge >= 0.3 is 0 Å². The summed E-state index contributed by atoms with van der Waals surface area (Å²) in [6.07, 6.45) is 4.40. The van der Waals surface area contributed by atoms with Gasteiger partial charge in [-0.3, -0.25) is 14.9 Å². The van der Waals surface area contributed by atoms with Gasteiger partial charge in [0, 0.05) is 31.1 Å². The molecule has 130 valence electrons. The molecule has 0 spiro atoms. The largest absolute Gasteiger partial charge is 0.339 e. The SMILES string of the molecule is Cc1noc(C2CCN(C(=O)C=Cc3ccccc3[N+](=O)[O-])CC2)n1. The number of aromatic nitrogens is 2. The maximum Gasteiger partial charge on any atom is 0.276 e. The summed E-state index contributed by atoms with van der Waals surface area (Å²) in [5.74, 6) is 1.25. The van der Waals surface area contributed by atoms with Gasteiger partial charge in [-0.15, -0.1) is 0 Å². The Hall–Kier alpha value is -3.03. The van der Waals surface area contributed by atoms with Crippen molar-refractivity contribution in [3.8, 4) is 0 Å². The van der Waals surface area contributed by atoms with Gasteiger partial charge < -0.3 is 9.42 Å². The van der Waals surface area contributed by atoms with Crippen molar-refractivity contribution in [3.05, 3.63) is 57.7 Å². The number of rotatable bonds is 4. The minimum absolute atomic E-state index is 0.0166. The molecule has 0 unspecified atom stereocenters. The van der Waals surface area contributed by atoms with Crippen LogP contribution in [0.15, 0.2) is 34.9 Å². The van der Waals surface area contributed by atoms with Crippen LogP contribution in [0.4, 0.5) is 5.69 Å². The number of benzene rings is 1. The van der Waals surface area contributed by atoms with Crippen molar-refractivity contribution in [2.45, 2.75) is 25.7 Å². The Balaban J connectivity index is 1.61. The summed E-state index contributed by atoms with van der Waals surface area (Å²) in [6.45, 7) is 2.96. The molecule has 1 fully saturated rings. The van der Waals surface area contributed by atoms with E-state index in [0.29, 0.717) is 30.4 Å². The number of nitro benzene ring substituents is 1. The Morgan fingerprint density at radius 3 is 2.72 bits per heavy atom. The summed E-state index contributed by atoms with van der Waals surface area (Å²) < 4.78 is 5.20. The molecule has 0 saturated carbocycles. The number of aryl methyl sites for hydroxylation is 1. The predicted octanol–water partition coefficient (Wildman–Crippen LogP) is 2.71.